The second-order valence-electron chi connectivity index (χ2n) is 3.61. The second kappa shape index (κ2) is 5.72. The summed E-state index contributed by atoms with van der Waals surface area (Å²) in [5.41, 5.74) is 12.1. The van der Waals surface area contributed by atoms with Crippen molar-refractivity contribution in [3.05, 3.63) is 28.8 Å². The number of benzene rings is 1. The lowest BCUT2D eigenvalue weighted by molar-refractivity contribution is 0.100. The molecular weight excluding hydrogens is 226 g/mol. The summed E-state index contributed by atoms with van der Waals surface area (Å²) < 4.78 is 0. The van der Waals surface area contributed by atoms with Crippen molar-refractivity contribution in [1.29, 1.82) is 0 Å². The first-order chi connectivity index (χ1) is 7.54. The standard InChI is InChI=1S/C11H16ClN3O/c1-2-8(13)6-15-10-4-3-7(11(14)16)5-9(10)12/h3-5,8,15H,2,6,13H2,1H3,(H2,14,16). The average molecular weight is 242 g/mol. The predicted molar refractivity (Wildman–Crippen MR) is 66.7 cm³/mol. The highest BCUT2D eigenvalue weighted by Crippen LogP contribution is 2.22. The lowest BCUT2D eigenvalue weighted by atomic mass is 10.2. The van der Waals surface area contributed by atoms with Gasteiger partial charge in [-0.2, -0.15) is 0 Å². The maximum Gasteiger partial charge on any atom is 0.248 e. The molecule has 0 saturated heterocycles. The number of rotatable bonds is 5. The van der Waals surface area contributed by atoms with Crippen molar-refractivity contribution in [3.63, 3.8) is 0 Å². The molecule has 16 heavy (non-hydrogen) atoms. The Hall–Kier alpha value is -1.26. The third kappa shape index (κ3) is 3.40. The highest BCUT2D eigenvalue weighted by atomic mass is 35.5. The Morgan fingerprint density at radius 3 is 2.75 bits per heavy atom. The van der Waals surface area contributed by atoms with Crippen LogP contribution in [0.2, 0.25) is 5.02 Å². The number of nitrogens with one attached hydrogen (secondary N) is 1. The molecule has 0 fully saturated rings. The minimum Gasteiger partial charge on any atom is -0.382 e. The molecular formula is C11H16ClN3O. The molecule has 1 aromatic rings. The van der Waals surface area contributed by atoms with E-state index in [0.717, 1.165) is 12.1 Å². The zero-order valence-electron chi connectivity index (χ0n) is 9.16. The molecule has 0 radical (unpaired) electrons. The summed E-state index contributed by atoms with van der Waals surface area (Å²) in [5.74, 6) is -0.487. The summed E-state index contributed by atoms with van der Waals surface area (Å²) in [5, 5.41) is 3.59. The normalized spacial score (nSPS) is 12.2. The van der Waals surface area contributed by atoms with Crippen molar-refractivity contribution >= 4 is 23.2 Å². The van der Waals surface area contributed by atoms with Gasteiger partial charge in [0.2, 0.25) is 5.91 Å². The van der Waals surface area contributed by atoms with Crippen LogP contribution in [-0.2, 0) is 0 Å². The van der Waals surface area contributed by atoms with Gasteiger partial charge in [-0.3, -0.25) is 4.79 Å². The van der Waals surface area contributed by atoms with Gasteiger partial charge in [0.25, 0.3) is 0 Å². The van der Waals surface area contributed by atoms with E-state index in [1.165, 1.54) is 0 Å². The lowest BCUT2D eigenvalue weighted by Gasteiger charge is -2.13. The summed E-state index contributed by atoms with van der Waals surface area (Å²) in [6, 6.07) is 4.99. The number of halogens is 1. The fraction of sp³-hybridized carbons (Fsp3) is 0.364. The summed E-state index contributed by atoms with van der Waals surface area (Å²) in [4.78, 5) is 10.9. The van der Waals surface area contributed by atoms with Gasteiger partial charge in [0.1, 0.15) is 0 Å². The molecule has 0 spiro atoms. The minimum atomic E-state index is -0.487. The van der Waals surface area contributed by atoms with E-state index in [1.54, 1.807) is 18.2 Å². The molecule has 0 aliphatic heterocycles. The first-order valence-corrected chi connectivity index (χ1v) is 5.51. The van der Waals surface area contributed by atoms with Crippen molar-refractivity contribution in [3.8, 4) is 0 Å². The van der Waals surface area contributed by atoms with Gasteiger partial charge in [-0.1, -0.05) is 18.5 Å². The monoisotopic (exact) mass is 241 g/mol. The number of primary amides is 1. The molecule has 0 aliphatic rings. The maximum atomic E-state index is 10.9. The first-order valence-electron chi connectivity index (χ1n) is 5.13. The number of anilines is 1. The molecule has 1 rings (SSSR count). The number of carbonyl (C=O) groups excluding carboxylic acids is 1. The molecule has 5 N–H and O–H groups in total. The van der Waals surface area contributed by atoms with Crippen LogP contribution in [0.25, 0.3) is 0 Å². The molecule has 0 saturated carbocycles. The van der Waals surface area contributed by atoms with Crippen LogP contribution in [-0.4, -0.2) is 18.5 Å². The average Bonchev–Trinajstić information content (AvgIpc) is 2.26. The van der Waals surface area contributed by atoms with Crippen LogP contribution >= 0.6 is 11.6 Å². The van der Waals surface area contributed by atoms with Gasteiger partial charge < -0.3 is 16.8 Å². The van der Waals surface area contributed by atoms with Crippen LogP contribution in [0.4, 0.5) is 5.69 Å². The number of nitrogens with two attached hydrogens (primary N) is 2. The maximum absolute atomic E-state index is 10.9. The van der Waals surface area contributed by atoms with Crippen LogP contribution in [0.15, 0.2) is 18.2 Å². The molecule has 0 bridgehead atoms. The fourth-order valence-corrected chi connectivity index (χ4v) is 1.44. The largest absolute Gasteiger partial charge is 0.382 e. The quantitative estimate of drug-likeness (QED) is 0.732. The van der Waals surface area contributed by atoms with E-state index in [0.29, 0.717) is 17.1 Å². The van der Waals surface area contributed by atoms with Gasteiger partial charge in [-0.15, -0.1) is 0 Å². The Labute approximate surface area is 100.0 Å². The molecule has 1 unspecified atom stereocenters. The van der Waals surface area contributed by atoms with Crippen molar-refractivity contribution in [2.24, 2.45) is 11.5 Å². The van der Waals surface area contributed by atoms with Crippen LogP contribution < -0.4 is 16.8 Å². The molecule has 1 atom stereocenters. The zero-order chi connectivity index (χ0) is 12.1. The summed E-state index contributed by atoms with van der Waals surface area (Å²) in [6.45, 7) is 2.66. The lowest BCUT2D eigenvalue weighted by Crippen LogP contribution is -2.28. The highest BCUT2D eigenvalue weighted by molar-refractivity contribution is 6.33. The van der Waals surface area contributed by atoms with Crippen LogP contribution in [0, 0.1) is 0 Å². The van der Waals surface area contributed by atoms with E-state index in [4.69, 9.17) is 23.1 Å². The molecule has 5 heteroatoms. The van der Waals surface area contributed by atoms with E-state index >= 15 is 0 Å². The molecule has 0 aliphatic carbocycles. The summed E-state index contributed by atoms with van der Waals surface area (Å²) >= 11 is 5.99. The Kier molecular flexibility index (Phi) is 4.58. The van der Waals surface area contributed by atoms with Crippen LogP contribution in [0.5, 0.6) is 0 Å². The number of hydrogen-bond donors (Lipinski definition) is 3. The van der Waals surface area contributed by atoms with E-state index in [2.05, 4.69) is 5.32 Å². The molecule has 0 aromatic heterocycles. The summed E-state index contributed by atoms with van der Waals surface area (Å²) in [7, 11) is 0. The highest BCUT2D eigenvalue weighted by Gasteiger charge is 2.06. The van der Waals surface area contributed by atoms with Crippen molar-refractivity contribution in [2.45, 2.75) is 19.4 Å². The van der Waals surface area contributed by atoms with Gasteiger partial charge in [0.15, 0.2) is 0 Å². The van der Waals surface area contributed by atoms with Crippen molar-refractivity contribution < 1.29 is 4.79 Å². The fourth-order valence-electron chi connectivity index (χ4n) is 1.20. The zero-order valence-corrected chi connectivity index (χ0v) is 9.92. The van der Waals surface area contributed by atoms with E-state index in [1.807, 2.05) is 6.92 Å². The van der Waals surface area contributed by atoms with Crippen LogP contribution in [0.3, 0.4) is 0 Å². The summed E-state index contributed by atoms with van der Waals surface area (Å²) in [6.07, 6.45) is 0.893. The van der Waals surface area contributed by atoms with E-state index in [9.17, 15) is 4.79 Å². The van der Waals surface area contributed by atoms with Crippen molar-refractivity contribution in [1.82, 2.24) is 0 Å². The van der Waals surface area contributed by atoms with Gasteiger partial charge in [0, 0.05) is 18.2 Å². The smallest absolute Gasteiger partial charge is 0.248 e. The topological polar surface area (TPSA) is 81.1 Å². The molecule has 1 amide bonds. The van der Waals surface area contributed by atoms with Gasteiger partial charge >= 0.3 is 0 Å². The Morgan fingerprint density at radius 2 is 2.25 bits per heavy atom. The Balaban J connectivity index is 2.72. The number of amides is 1. The van der Waals surface area contributed by atoms with E-state index in [-0.39, 0.29) is 6.04 Å². The molecule has 88 valence electrons. The number of carbonyl (C=O) groups is 1. The Bertz CT molecular complexity index is 381. The minimum absolute atomic E-state index is 0.0897. The van der Waals surface area contributed by atoms with Crippen molar-refractivity contribution in [2.75, 3.05) is 11.9 Å². The van der Waals surface area contributed by atoms with E-state index < -0.39 is 5.91 Å². The first kappa shape index (κ1) is 12.8. The number of hydrogen-bond acceptors (Lipinski definition) is 3. The third-order valence-electron chi connectivity index (χ3n) is 2.33. The van der Waals surface area contributed by atoms with Gasteiger partial charge in [-0.05, 0) is 24.6 Å². The predicted octanol–water partition coefficient (Wildman–Crippen LogP) is 1.59. The Morgan fingerprint density at radius 1 is 1.56 bits per heavy atom. The SMILES string of the molecule is CCC(N)CNc1ccc(C(N)=O)cc1Cl. The second-order valence-corrected chi connectivity index (χ2v) is 4.02. The molecule has 1 aromatic carbocycles. The molecule has 0 heterocycles. The van der Waals surface area contributed by atoms with Gasteiger partial charge in [-0.25, -0.2) is 0 Å². The third-order valence-corrected chi connectivity index (χ3v) is 2.65. The molecule has 4 nitrogen and oxygen atoms in total. The van der Waals surface area contributed by atoms with Gasteiger partial charge in [0.05, 0.1) is 10.7 Å². The van der Waals surface area contributed by atoms with Crippen LogP contribution in [0.1, 0.15) is 23.7 Å².